The van der Waals surface area contributed by atoms with Crippen LogP contribution in [0.15, 0.2) is 36.4 Å². The fraction of sp³-hybridized carbons (Fsp3) is 0.400. The van der Waals surface area contributed by atoms with Gasteiger partial charge in [0.05, 0.1) is 32.0 Å². The zero-order valence-electron chi connectivity index (χ0n) is 32.2. The van der Waals surface area contributed by atoms with Gasteiger partial charge < -0.3 is 14.4 Å². The number of ether oxygens (including phenoxy) is 2. The molecule has 34 heavy (non-hydrogen) atoms. The Morgan fingerprint density at radius 3 is 2.82 bits per heavy atom. The fourth-order valence-electron chi connectivity index (χ4n) is 3.36. The van der Waals surface area contributed by atoms with Crippen molar-refractivity contribution in [3.8, 4) is 5.75 Å². The largest absolute Gasteiger partial charge is 0.488 e. The average molecular weight is 483 g/mol. The first kappa shape index (κ1) is 11.0. The molecule has 3 amide bonds. The molecule has 0 radical (unpaired) electrons. The maximum Gasteiger partial charge on any atom is 0.255 e. The fourth-order valence-corrected chi connectivity index (χ4v) is 3.36. The molecule has 2 aromatic rings. The highest BCUT2D eigenvalue weighted by molar-refractivity contribution is 6.05. The van der Waals surface area contributed by atoms with Gasteiger partial charge in [0, 0.05) is 50.8 Å². The van der Waals surface area contributed by atoms with Gasteiger partial charge in [0.25, 0.3) is 5.91 Å². The molecule has 1 N–H and O–H groups in total. The monoisotopic (exact) mass is 482 g/mol. The molecule has 1 atom stereocenters. The first-order chi connectivity index (χ1) is 22.1. The summed E-state index contributed by atoms with van der Waals surface area (Å²) in [5.74, 6) is -5.37. The molecule has 178 valence electrons. The second kappa shape index (κ2) is 9.52. The third kappa shape index (κ3) is 4.53. The number of nitrogens with zero attached hydrogens (tertiary/aromatic N) is 2. The van der Waals surface area contributed by atoms with E-state index in [1.54, 1.807) is 0 Å². The summed E-state index contributed by atoms with van der Waals surface area (Å²) in [4.78, 5) is 37.6. The topological polar surface area (TPSA) is 88.2 Å². The van der Waals surface area contributed by atoms with Crippen LogP contribution in [-0.2, 0) is 33.9 Å². The lowest BCUT2D eigenvalue weighted by atomic mass is 10.0. The zero-order chi connectivity index (χ0) is 37.1. The van der Waals surface area contributed by atoms with Gasteiger partial charge in [-0.2, -0.15) is 0 Å². The summed E-state index contributed by atoms with van der Waals surface area (Å²) in [5, 5.41) is 1.89. The van der Waals surface area contributed by atoms with Gasteiger partial charge >= 0.3 is 0 Å². The Balaban J connectivity index is 1.51. The quantitative estimate of drug-likeness (QED) is 0.634. The number of hydrogen-bond donors (Lipinski definition) is 1. The van der Waals surface area contributed by atoms with Gasteiger partial charge in [0.15, 0.2) is 0 Å². The van der Waals surface area contributed by atoms with Gasteiger partial charge in [0.2, 0.25) is 11.8 Å². The number of benzene rings is 2. The van der Waals surface area contributed by atoms with Crippen molar-refractivity contribution in [2.75, 3.05) is 26.1 Å². The van der Waals surface area contributed by atoms with Crippen molar-refractivity contribution in [2.24, 2.45) is 0 Å². The molecule has 0 aliphatic carbocycles. The molecule has 5 rings (SSSR count). The van der Waals surface area contributed by atoms with E-state index in [9.17, 15) is 14.4 Å². The number of rotatable bonds is 6. The number of carbonyl (C=O) groups excluding carboxylic acids is 3. The van der Waals surface area contributed by atoms with Crippen LogP contribution in [0.25, 0.3) is 0 Å². The molecule has 2 fully saturated rings. The van der Waals surface area contributed by atoms with Crippen LogP contribution in [0.2, 0.25) is 0 Å². The number of imide groups is 1. The molecule has 0 aromatic heterocycles. The van der Waals surface area contributed by atoms with Gasteiger partial charge in [-0.05, 0) is 30.2 Å². The molecule has 3 aliphatic rings. The van der Waals surface area contributed by atoms with E-state index in [-0.39, 0.29) is 6.42 Å². The summed E-state index contributed by atoms with van der Waals surface area (Å²) in [6.45, 7) is -24.4. The number of hydrogen-bond acceptors (Lipinski definition) is 6. The SMILES string of the molecule is [2H]C([2H])(Oc1cccc2c1C([2H])([2H])N([C@@]1([2H])CCC(=O)NC1=O)C2=O)c1ccc(C([2H])([2H])N2C([2H])([2H])C([2H])([2H])OC([2H])([2H])C2([2H])[2H])cc1F. The standard InChI is InChI=1S/C25H26FN3O5/c26-20-12-16(13-28-8-10-33-11-9-28)4-5-17(20)15-34-22-3-1-2-18-19(22)14-29(25(18)32)21-6-7-23(30)27-24(21)31/h1-5,12,21H,6-11,13-15H2,(H,27,30,31)/t21-/m0/s1/i8D2,9D2,10D2,11D2,13D2,14D2,15D2,21D. The van der Waals surface area contributed by atoms with E-state index in [4.69, 9.17) is 25.3 Å². The Morgan fingerprint density at radius 2 is 2.06 bits per heavy atom. The third-order valence-electron chi connectivity index (χ3n) is 4.96. The van der Waals surface area contributed by atoms with Gasteiger partial charge in [-0.1, -0.05) is 18.2 Å². The first-order valence-corrected chi connectivity index (χ1v) is 9.90. The van der Waals surface area contributed by atoms with E-state index in [2.05, 4.69) is 4.74 Å². The molecule has 9 heteroatoms. The lowest BCUT2D eigenvalue weighted by Crippen LogP contribution is -2.52. The van der Waals surface area contributed by atoms with Crippen LogP contribution in [-0.4, -0.2) is 59.7 Å². The van der Waals surface area contributed by atoms with Crippen molar-refractivity contribution in [3.63, 3.8) is 0 Å². The Labute approximate surface area is 217 Å². The molecule has 0 bridgehead atoms. The highest BCUT2D eigenvalue weighted by Crippen LogP contribution is 2.34. The highest BCUT2D eigenvalue weighted by Gasteiger charge is 2.40. The van der Waals surface area contributed by atoms with Crippen molar-refractivity contribution < 1.29 is 48.8 Å². The predicted molar refractivity (Wildman–Crippen MR) is 119 cm³/mol. The van der Waals surface area contributed by atoms with Crippen molar-refractivity contribution in [3.05, 3.63) is 64.5 Å². The number of halogens is 1. The van der Waals surface area contributed by atoms with E-state index < -0.39 is 115 Å². The molecule has 3 heterocycles. The Morgan fingerprint density at radius 1 is 1.24 bits per heavy atom. The number of carbonyl (C=O) groups is 3. The molecule has 0 unspecified atom stereocenters. The maximum atomic E-state index is 15.7. The Bertz CT molecular complexity index is 1750. The van der Waals surface area contributed by atoms with Gasteiger partial charge in [0.1, 0.15) is 24.1 Å². The lowest BCUT2D eigenvalue weighted by molar-refractivity contribution is -0.136. The third-order valence-corrected chi connectivity index (χ3v) is 4.96. The van der Waals surface area contributed by atoms with Crippen LogP contribution in [0, 0.1) is 5.82 Å². The number of morpholine rings is 1. The summed E-state index contributed by atoms with van der Waals surface area (Å²) in [5.41, 5.74) is -2.89. The minimum absolute atomic E-state index is 0.292. The second-order valence-electron chi connectivity index (χ2n) is 7.13. The number of piperidine rings is 1. The Kier molecular flexibility index (Phi) is 3.07. The predicted octanol–water partition coefficient (Wildman–Crippen LogP) is 2.00. The minimum Gasteiger partial charge on any atom is -0.488 e. The zero-order valence-corrected chi connectivity index (χ0v) is 17.2. The second-order valence-corrected chi connectivity index (χ2v) is 7.13. The summed E-state index contributed by atoms with van der Waals surface area (Å²) >= 11 is 0. The number of amides is 3. The lowest BCUT2D eigenvalue weighted by Gasteiger charge is -2.29. The van der Waals surface area contributed by atoms with E-state index in [0.717, 1.165) is 12.1 Å². The average Bonchev–Trinajstić information content (AvgIpc) is 3.14. The summed E-state index contributed by atoms with van der Waals surface area (Å²) < 4.78 is 149. The minimum atomic E-state index is -3.69. The van der Waals surface area contributed by atoms with Crippen molar-refractivity contribution in [1.29, 1.82) is 0 Å². The van der Waals surface area contributed by atoms with Crippen LogP contribution < -0.4 is 10.1 Å². The molecular weight excluding hydrogens is 441 g/mol. The number of fused-ring (bicyclic) bond motifs is 1. The van der Waals surface area contributed by atoms with Crippen LogP contribution in [0.1, 0.15) is 60.5 Å². The molecule has 2 saturated heterocycles. The molecule has 0 saturated carbocycles. The van der Waals surface area contributed by atoms with Crippen molar-refractivity contribution in [1.82, 2.24) is 15.1 Å². The van der Waals surface area contributed by atoms with Crippen molar-refractivity contribution in [2.45, 2.75) is 38.4 Å². The van der Waals surface area contributed by atoms with E-state index in [1.165, 1.54) is 6.07 Å². The molecule has 2 aromatic carbocycles. The molecule has 0 spiro atoms. The van der Waals surface area contributed by atoms with Crippen LogP contribution in [0.5, 0.6) is 5.75 Å². The Hall–Kier alpha value is -3.30. The first-order valence-electron chi connectivity index (χ1n) is 17.4. The summed E-state index contributed by atoms with van der Waals surface area (Å²) in [7, 11) is 0. The van der Waals surface area contributed by atoms with Crippen LogP contribution in [0.3, 0.4) is 0 Å². The van der Waals surface area contributed by atoms with Gasteiger partial charge in [-0.3, -0.25) is 24.6 Å². The molecule has 3 aliphatic heterocycles. The highest BCUT2D eigenvalue weighted by atomic mass is 19.1. The van der Waals surface area contributed by atoms with E-state index >= 15 is 4.39 Å². The van der Waals surface area contributed by atoms with Crippen molar-refractivity contribution >= 4 is 17.7 Å². The summed E-state index contributed by atoms with van der Waals surface area (Å²) in [6, 6.07) is 2.39. The molecular formula is C25H26FN3O5. The normalized spacial score (nSPS) is 37.9. The van der Waals surface area contributed by atoms with Crippen LogP contribution >= 0.6 is 0 Å². The number of nitrogens with one attached hydrogen (secondary N) is 1. The maximum absolute atomic E-state index is 15.7. The van der Waals surface area contributed by atoms with Crippen LogP contribution in [0.4, 0.5) is 4.39 Å². The molecule has 8 nitrogen and oxygen atoms in total. The smallest absolute Gasteiger partial charge is 0.255 e. The van der Waals surface area contributed by atoms with Gasteiger partial charge in [-0.25, -0.2) is 4.39 Å². The van der Waals surface area contributed by atoms with E-state index in [1.807, 2.05) is 5.32 Å². The summed E-state index contributed by atoms with van der Waals surface area (Å²) in [6.07, 6.45) is -0.937. The van der Waals surface area contributed by atoms with Gasteiger partial charge in [-0.15, -0.1) is 0 Å². The van der Waals surface area contributed by atoms with E-state index in [0.29, 0.717) is 23.1 Å².